The molecular formula is C16H24O8. The van der Waals surface area contributed by atoms with Crippen molar-refractivity contribution < 1.29 is 39.7 Å². The zero-order valence-electron chi connectivity index (χ0n) is 13.5. The topological polar surface area (TPSA) is 129 Å². The minimum atomic E-state index is -1.54. The molecule has 1 saturated heterocycles. The van der Waals surface area contributed by atoms with E-state index in [0.29, 0.717) is 11.3 Å². The Labute approximate surface area is 139 Å². The van der Waals surface area contributed by atoms with Gasteiger partial charge in [0, 0.05) is 0 Å². The van der Waals surface area contributed by atoms with E-state index in [0.717, 1.165) is 0 Å². The fourth-order valence-corrected chi connectivity index (χ4v) is 2.59. The minimum Gasteiger partial charge on any atom is -0.497 e. The van der Waals surface area contributed by atoms with Crippen molar-refractivity contribution >= 4 is 0 Å². The van der Waals surface area contributed by atoms with E-state index in [2.05, 4.69) is 0 Å². The first kappa shape index (κ1) is 19.1. The van der Waals surface area contributed by atoms with Crippen molar-refractivity contribution in [2.24, 2.45) is 0 Å². The zero-order chi connectivity index (χ0) is 17.9. The molecule has 24 heavy (non-hydrogen) atoms. The Morgan fingerprint density at radius 2 is 1.71 bits per heavy atom. The van der Waals surface area contributed by atoms with Crippen LogP contribution in [0.15, 0.2) is 24.3 Å². The van der Waals surface area contributed by atoms with Crippen molar-refractivity contribution in [1.29, 1.82) is 0 Å². The van der Waals surface area contributed by atoms with Gasteiger partial charge in [0.2, 0.25) is 0 Å². The van der Waals surface area contributed by atoms with Gasteiger partial charge in [-0.1, -0.05) is 12.1 Å². The van der Waals surface area contributed by atoms with Crippen molar-refractivity contribution in [3.63, 3.8) is 0 Å². The summed E-state index contributed by atoms with van der Waals surface area (Å²) in [5.41, 5.74) is 0.614. The summed E-state index contributed by atoms with van der Waals surface area (Å²) in [6.45, 7) is 0.964. The lowest BCUT2D eigenvalue weighted by Crippen LogP contribution is -2.59. The minimum absolute atomic E-state index is 0.549. The van der Waals surface area contributed by atoms with Crippen LogP contribution in [0.4, 0.5) is 0 Å². The third-order valence-electron chi connectivity index (χ3n) is 4.01. The number of hydrogen-bond acceptors (Lipinski definition) is 8. The smallest absolute Gasteiger partial charge is 0.187 e. The summed E-state index contributed by atoms with van der Waals surface area (Å²) in [6.07, 6.45) is -8.70. The fraction of sp³-hybridized carbons (Fsp3) is 0.625. The van der Waals surface area contributed by atoms with E-state index in [1.807, 2.05) is 0 Å². The molecule has 1 aliphatic heterocycles. The van der Waals surface area contributed by atoms with Crippen LogP contribution in [0, 0.1) is 0 Å². The lowest BCUT2D eigenvalue weighted by Gasteiger charge is -2.41. The van der Waals surface area contributed by atoms with Gasteiger partial charge in [-0.3, -0.25) is 0 Å². The summed E-state index contributed by atoms with van der Waals surface area (Å²) in [6, 6.07) is 6.78. The molecule has 0 radical (unpaired) electrons. The summed E-state index contributed by atoms with van der Waals surface area (Å²) >= 11 is 0. The van der Waals surface area contributed by atoms with Crippen LogP contribution >= 0.6 is 0 Å². The van der Waals surface area contributed by atoms with Gasteiger partial charge in [-0.15, -0.1) is 0 Å². The van der Waals surface area contributed by atoms with E-state index < -0.39 is 49.5 Å². The monoisotopic (exact) mass is 344 g/mol. The zero-order valence-corrected chi connectivity index (χ0v) is 13.5. The molecule has 1 fully saturated rings. The van der Waals surface area contributed by atoms with Crippen LogP contribution in [0.2, 0.25) is 0 Å². The Bertz CT molecular complexity index is 503. The fourth-order valence-electron chi connectivity index (χ4n) is 2.59. The van der Waals surface area contributed by atoms with Gasteiger partial charge in [0.25, 0.3) is 0 Å². The third-order valence-corrected chi connectivity index (χ3v) is 4.01. The number of methoxy groups -OCH3 is 1. The molecule has 1 heterocycles. The van der Waals surface area contributed by atoms with Gasteiger partial charge in [0.05, 0.1) is 19.8 Å². The van der Waals surface area contributed by atoms with Crippen LogP contribution in [0.5, 0.6) is 5.75 Å². The van der Waals surface area contributed by atoms with Gasteiger partial charge in [-0.25, -0.2) is 0 Å². The summed E-state index contributed by atoms with van der Waals surface area (Å²) in [5.74, 6) is 0.635. The molecule has 0 aliphatic carbocycles. The molecular weight excluding hydrogens is 320 g/mol. The second kappa shape index (κ2) is 8.21. The third kappa shape index (κ3) is 4.04. The highest BCUT2D eigenvalue weighted by Gasteiger charge is 2.45. The maximum absolute atomic E-state index is 10.0. The van der Waals surface area contributed by atoms with E-state index in [1.54, 1.807) is 24.3 Å². The first-order valence-electron chi connectivity index (χ1n) is 7.67. The molecule has 0 bridgehead atoms. The Morgan fingerprint density at radius 1 is 1.08 bits per heavy atom. The number of ether oxygens (including phenoxy) is 3. The van der Waals surface area contributed by atoms with Crippen molar-refractivity contribution in [2.45, 2.75) is 49.8 Å². The summed E-state index contributed by atoms with van der Waals surface area (Å²) < 4.78 is 16.0. The number of hydrogen-bond donors (Lipinski definition) is 5. The maximum atomic E-state index is 10.0. The molecule has 0 amide bonds. The lowest BCUT2D eigenvalue weighted by molar-refractivity contribution is -0.317. The molecule has 0 saturated carbocycles. The molecule has 8 heteroatoms. The van der Waals surface area contributed by atoms with Crippen molar-refractivity contribution in [3.8, 4) is 5.75 Å². The molecule has 0 aromatic heterocycles. The first-order chi connectivity index (χ1) is 11.4. The second-order valence-electron chi connectivity index (χ2n) is 5.77. The van der Waals surface area contributed by atoms with Crippen molar-refractivity contribution in [1.82, 2.24) is 0 Å². The molecule has 5 N–H and O–H groups in total. The van der Waals surface area contributed by atoms with Crippen molar-refractivity contribution in [3.05, 3.63) is 29.8 Å². The average Bonchev–Trinajstić information content (AvgIpc) is 2.59. The van der Waals surface area contributed by atoms with E-state index >= 15 is 0 Å². The standard InChI is InChI=1S/C16H24O8/c1-8(18)15(9-3-5-10(22-2)6-4-9)24-16-14(21)13(20)12(19)11(7-17)23-16/h3-6,8,11-21H,7H2,1-2H3/t8-,11+,12+,13-,14+,15-,16-/m1/s1. The van der Waals surface area contributed by atoms with E-state index in [9.17, 15) is 25.5 Å². The SMILES string of the molecule is COc1ccc([C@H](O[C@H]2O[C@@H](CO)[C@H](O)[C@@H](O)[C@@H]2O)[C@@H](C)O)cc1. The Hall–Kier alpha value is -1.26. The van der Waals surface area contributed by atoms with E-state index in [-0.39, 0.29) is 0 Å². The van der Waals surface area contributed by atoms with Crippen LogP contribution < -0.4 is 4.74 Å². The quantitative estimate of drug-likeness (QED) is 0.441. The van der Waals surface area contributed by atoms with Gasteiger partial charge in [-0.2, -0.15) is 0 Å². The Morgan fingerprint density at radius 3 is 2.21 bits per heavy atom. The summed E-state index contributed by atoms with van der Waals surface area (Å²) in [7, 11) is 1.53. The van der Waals surface area contributed by atoms with Crippen molar-refractivity contribution in [2.75, 3.05) is 13.7 Å². The highest BCUT2D eigenvalue weighted by molar-refractivity contribution is 5.29. The average molecular weight is 344 g/mol. The van der Waals surface area contributed by atoms with Crippen LogP contribution in [-0.2, 0) is 9.47 Å². The largest absolute Gasteiger partial charge is 0.497 e. The van der Waals surface area contributed by atoms with Gasteiger partial charge < -0.3 is 39.7 Å². The summed E-state index contributed by atoms with van der Waals surface area (Å²) in [5, 5.41) is 48.8. The lowest BCUT2D eigenvalue weighted by atomic mass is 9.99. The normalized spacial score (nSPS) is 33.0. The predicted molar refractivity (Wildman–Crippen MR) is 82.3 cm³/mol. The number of aliphatic hydroxyl groups is 5. The molecule has 2 rings (SSSR count). The van der Waals surface area contributed by atoms with Gasteiger partial charge >= 0.3 is 0 Å². The van der Waals surface area contributed by atoms with Crippen LogP contribution in [0.3, 0.4) is 0 Å². The van der Waals surface area contributed by atoms with Crippen LogP contribution in [0.25, 0.3) is 0 Å². The summed E-state index contributed by atoms with van der Waals surface area (Å²) in [4.78, 5) is 0. The molecule has 0 unspecified atom stereocenters. The van der Waals surface area contributed by atoms with Crippen LogP contribution in [0.1, 0.15) is 18.6 Å². The number of rotatable bonds is 6. The first-order valence-corrected chi connectivity index (χ1v) is 7.67. The van der Waals surface area contributed by atoms with E-state index in [4.69, 9.17) is 14.2 Å². The molecule has 7 atom stereocenters. The Kier molecular flexibility index (Phi) is 6.53. The van der Waals surface area contributed by atoms with Gasteiger partial charge in [0.1, 0.15) is 36.3 Å². The maximum Gasteiger partial charge on any atom is 0.187 e. The van der Waals surface area contributed by atoms with Gasteiger partial charge in [0.15, 0.2) is 6.29 Å². The van der Waals surface area contributed by atoms with E-state index in [1.165, 1.54) is 14.0 Å². The second-order valence-corrected chi connectivity index (χ2v) is 5.77. The highest BCUT2D eigenvalue weighted by Crippen LogP contribution is 2.30. The van der Waals surface area contributed by atoms with Crippen LogP contribution in [-0.4, -0.2) is 76.1 Å². The molecule has 0 spiro atoms. The predicted octanol–water partition coefficient (Wildman–Crippen LogP) is -1.07. The number of benzene rings is 1. The Balaban J connectivity index is 2.17. The molecule has 8 nitrogen and oxygen atoms in total. The number of aliphatic hydroxyl groups excluding tert-OH is 5. The molecule has 136 valence electrons. The highest BCUT2D eigenvalue weighted by atomic mass is 16.7. The molecule has 1 aromatic carbocycles. The molecule has 1 aliphatic rings. The molecule has 1 aromatic rings. The van der Waals surface area contributed by atoms with Gasteiger partial charge in [-0.05, 0) is 24.6 Å².